The van der Waals surface area contributed by atoms with Gasteiger partial charge in [-0.1, -0.05) is 12.1 Å². The van der Waals surface area contributed by atoms with Gasteiger partial charge in [-0.3, -0.25) is 0 Å². The van der Waals surface area contributed by atoms with Crippen molar-refractivity contribution < 1.29 is 22.6 Å². The molecule has 0 spiro atoms. The van der Waals surface area contributed by atoms with E-state index < -0.39 is 23.9 Å². The first-order valence-corrected chi connectivity index (χ1v) is 6.40. The third-order valence-electron chi connectivity index (χ3n) is 3.11. The molecule has 1 aromatic rings. The molecule has 1 heterocycles. The van der Waals surface area contributed by atoms with Gasteiger partial charge in [0.2, 0.25) is 6.10 Å². The van der Waals surface area contributed by atoms with Crippen LogP contribution in [0, 0.1) is 0 Å². The van der Waals surface area contributed by atoms with Gasteiger partial charge < -0.3 is 15.2 Å². The molecule has 0 saturated carbocycles. The summed E-state index contributed by atoms with van der Waals surface area (Å²) >= 11 is 0. The Morgan fingerprint density at radius 1 is 1.35 bits per heavy atom. The van der Waals surface area contributed by atoms with Crippen molar-refractivity contribution in [1.82, 2.24) is 0 Å². The van der Waals surface area contributed by atoms with Crippen molar-refractivity contribution >= 4 is 0 Å². The molecule has 3 nitrogen and oxygen atoms in total. The minimum atomic E-state index is -4.52. The fraction of sp³-hybridized carbons (Fsp3) is 0.571. The van der Waals surface area contributed by atoms with Crippen molar-refractivity contribution in [3.63, 3.8) is 0 Å². The zero-order valence-electron chi connectivity index (χ0n) is 11.6. The standard InChI is InChI=1S/C14H18F3NO2/c1-8(18)12(14(15,16)17)19-10-6-4-5-9-7-13(2,3)20-11(9)10/h4-6,8,12H,7,18H2,1-3H3. The van der Waals surface area contributed by atoms with Gasteiger partial charge in [0.1, 0.15) is 5.60 Å². The summed E-state index contributed by atoms with van der Waals surface area (Å²) < 4.78 is 49.5. The highest BCUT2D eigenvalue weighted by Crippen LogP contribution is 2.43. The van der Waals surface area contributed by atoms with Crippen LogP contribution >= 0.6 is 0 Å². The van der Waals surface area contributed by atoms with Gasteiger partial charge in [0.25, 0.3) is 0 Å². The highest BCUT2D eigenvalue weighted by atomic mass is 19.4. The molecule has 2 unspecified atom stereocenters. The number of hydrogen-bond donors (Lipinski definition) is 1. The van der Waals surface area contributed by atoms with Crippen molar-refractivity contribution in [2.24, 2.45) is 5.73 Å². The summed E-state index contributed by atoms with van der Waals surface area (Å²) in [4.78, 5) is 0. The summed E-state index contributed by atoms with van der Waals surface area (Å²) in [6.07, 6.45) is -5.94. The lowest BCUT2D eigenvalue weighted by molar-refractivity contribution is -0.199. The molecule has 2 N–H and O–H groups in total. The lowest BCUT2D eigenvalue weighted by Crippen LogP contribution is -2.47. The summed E-state index contributed by atoms with van der Waals surface area (Å²) in [6, 6.07) is 3.79. The molecule has 0 radical (unpaired) electrons. The van der Waals surface area contributed by atoms with E-state index in [1.54, 1.807) is 6.07 Å². The third kappa shape index (κ3) is 3.00. The second-order valence-corrected chi connectivity index (χ2v) is 5.72. The SMILES string of the molecule is CC(N)C(Oc1cccc2c1OC(C)(C)C2)C(F)(F)F. The smallest absolute Gasteiger partial charge is 0.426 e. The number of fused-ring (bicyclic) bond motifs is 1. The number of halogens is 3. The highest BCUT2D eigenvalue weighted by Gasteiger charge is 2.45. The fourth-order valence-electron chi connectivity index (χ4n) is 2.29. The number of alkyl halides is 3. The Morgan fingerprint density at radius 3 is 2.55 bits per heavy atom. The van der Waals surface area contributed by atoms with Crippen molar-refractivity contribution in [3.05, 3.63) is 23.8 Å². The molecule has 0 fully saturated rings. The Balaban J connectivity index is 2.30. The van der Waals surface area contributed by atoms with Gasteiger partial charge in [-0.25, -0.2) is 0 Å². The maximum absolute atomic E-state index is 12.9. The molecular formula is C14H18F3NO2. The zero-order valence-corrected chi connectivity index (χ0v) is 11.6. The van der Waals surface area contributed by atoms with Gasteiger partial charge in [-0.2, -0.15) is 13.2 Å². The minimum Gasteiger partial charge on any atom is -0.483 e. The maximum Gasteiger partial charge on any atom is 0.426 e. The minimum absolute atomic E-state index is 0.0905. The maximum atomic E-state index is 12.9. The van der Waals surface area contributed by atoms with Crippen molar-refractivity contribution in [3.8, 4) is 11.5 Å². The van der Waals surface area contributed by atoms with Crippen LogP contribution in [0.5, 0.6) is 11.5 Å². The Bertz CT molecular complexity index is 498. The van der Waals surface area contributed by atoms with Crippen LogP contribution < -0.4 is 15.2 Å². The molecule has 1 aromatic carbocycles. The molecule has 20 heavy (non-hydrogen) atoms. The van der Waals surface area contributed by atoms with Gasteiger partial charge in [0, 0.05) is 18.0 Å². The van der Waals surface area contributed by atoms with Crippen molar-refractivity contribution in [2.75, 3.05) is 0 Å². The van der Waals surface area contributed by atoms with E-state index in [1.807, 2.05) is 19.9 Å². The van der Waals surface area contributed by atoms with Crippen LogP contribution in [0.2, 0.25) is 0 Å². The summed E-state index contributed by atoms with van der Waals surface area (Å²) in [5.74, 6) is 0.472. The van der Waals surface area contributed by atoms with E-state index in [2.05, 4.69) is 0 Å². The predicted molar refractivity (Wildman–Crippen MR) is 69.0 cm³/mol. The highest BCUT2D eigenvalue weighted by molar-refractivity contribution is 5.50. The lowest BCUT2D eigenvalue weighted by Gasteiger charge is -2.26. The molecule has 1 aliphatic rings. The molecule has 112 valence electrons. The van der Waals surface area contributed by atoms with E-state index in [4.69, 9.17) is 15.2 Å². The molecule has 0 saturated heterocycles. The molecular weight excluding hydrogens is 271 g/mol. The van der Waals surface area contributed by atoms with Crippen LogP contribution in [0.3, 0.4) is 0 Å². The van der Waals surface area contributed by atoms with Crippen LogP contribution in [0.25, 0.3) is 0 Å². The Labute approximate surface area is 115 Å². The lowest BCUT2D eigenvalue weighted by atomic mass is 10.0. The summed E-state index contributed by atoms with van der Waals surface area (Å²) in [5.41, 5.74) is 5.79. The second-order valence-electron chi connectivity index (χ2n) is 5.72. The molecule has 6 heteroatoms. The average molecular weight is 289 g/mol. The van der Waals surface area contributed by atoms with Crippen molar-refractivity contribution in [2.45, 2.75) is 51.1 Å². The van der Waals surface area contributed by atoms with Crippen LogP contribution in [0.1, 0.15) is 26.3 Å². The largest absolute Gasteiger partial charge is 0.483 e. The number of nitrogens with two attached hydrogens (primary N) is 1. The molecule has 0 aliphatic carbocycles. The van der Waals surface area contributed by atoms with Gasteiger partial charge >= 0.3 is 6.18 Å². The van der Waals surface area contributed by atoms with E-state index in [1.165, 1.54) is 13.0 Å². The van der Waals surface area contributed by atoms with E-state index in [9.17, 15) is 13.2 Å². The van der Waals surface area contributed by atoms with E-state index in [-0.39, 0.29) is 5.75 Å². The number of ether oxygens (including phenoxy) is 2. The Hall–Kier alpha value is -1.43. The van der Waals surface area contributed by atoms with Gasteiger partial charge in [0.15, 0.2) is 11.5 Å². The Kier molecular flexibility index (Phi) is 3.62. The molecule has 0 amide bonds. The molecule has 0 bridgehead atoms. The van der Waals surface area contributed by atoms with Crippen LogP contribution in [0.15, 0.2) is 18.2 Å². The van der Waals surface area contributed by atoms with Crippen LogP contribution in [0.4, 0.5) is 13.2 Å². The van der Waals surface area contributed by atoms with Gasteiger partial charge in [-0.15, -0.1) is 0 Å². The summed E-state index contributed by atoms with van der Waals surface area (Å²) in [7, 11) is 0. The third-order valence-corrected chi connectivity index (χ3v) is 3.11. The summed E-state index contributed by atoms with van der Waals surface area (Å²) in [5, 5.41) is 0. The average Bonchev–Trinajstić information content (AvgIpc) is 2.58. The number of para-hydroxylation sites is 1. The molecule has 2 atom stereocenters. The van der Waals surface area contributed by atoms with Crippen LogP contribution in [-0.4, -0.2) is 23.9 Å². The first-order chi connectivity index (χ1) is 9.10. The normalized spacial score (nSPS) is 19.9. The van der Waals surface area contributed by atoms with E-state index in [0.29, 0.717) is 12.2 Å². The number of rotatable bonds is 3. The summed E-state index contributed by atoms with van der Waals surface area (Å²) in [6.45, 7) is 5.03. The van der Waals surface area contributed by atoms with Gasteiger partial charge in [-0.05, 0) is 26.8 Å². The second kappa shape index (κ2) is 4.84. The predicted octanol–water partition coefficient (Wildman–Crippen LogP) is 3.06. The topological polar surface area (TPSA) is 44.5 Å². The fourth-order valence-corrected chi connectivity index (χ4v) is 2.29. The zero-order chi connectivity index (χ0) is 15.1. The van der Waals surface area contributed by atoms with Gasteiger partial charge in [0.05, 0.1) is 0 Å². The number of benzene rings is 1. The molecule has 0 aromatic heterocycles. The van der Waals surface area contributed by atoms with E-state index >= 15 is 0 Å². The first kappa shape index (κ1) is 15.0. The quantitative estimate of drug-likeness (QED) is 0.930. The monoisotopic (exact) mass is 289 g/mol. The molecule has 1 aliphatic heterocycles. The Morgan fingerprint density at radius 2 is 2.00 bits per heavy atom. The molecule has 2 rings (SSSR count). The number of hydrogen-bond acceptors (Lipinski definition) is 3. The first-order valence-electron chi connectivity index (χ1n) is 6.40. The van der Waals surface area contributed by atoms with Crippen molar-refractivity contribution in [1.29, 1.82) is 0 Å². The van der Waals surface area contributed by atoms with Crippen LogP contribution in [-0.2, 0) is 6.42 Å². The van der Waals surface area contributed by atoms with E-state index in [0.717, 1.165) is 5.56 Å².